The number of carbonyl (C=O) groups excluding carboxylic acids is 2. The highest BCUT2D eigenvalue weighted by atomic mass is 16.4. The molecule has 4 atom stereocenters. The molecule has 0 aliphatic rings. The third kappa shape index (κ3) is 5.78. The lowest BCUT2D eigenvalue weighted by molar-refractivity contribution is -0.147. The Morgan fingerprint density at radius 1 is 1.07 bits per heavy atom. The lowest BCUT2D eigenvalue weighted by Crippen LogP contribution is -2.57. The van der Waals surface area contributed by atoms with Crippen LogP contribution in [0, 0.1) is 0 Å². The Morgan fingerprint density at radius 3 is 2.30 bits per heavy atom. The third-order valence-electron chi connectivity index (χ3n) is 4.55. The quantitative estimate of drug-likeness (QED) is 0.253. The molecule has 30 heavy (non-hydrogen) atoms. The number of nitrogens with two attached hydrogens (primary N) is 1. The van der Waals surface area contributed by atoms with Crippen molar-refractivity contribution in [2.24, 2.45) is 5.73 Å². The van der Waals surface area contributed by atoms with Crippen LogP contribution in [0.5, 0.6) is 0 Å². The number of para-hydroxylation sites is 1. The normalized spacial score (nSPS) is 15.0. The van der Waals surface area contributed by atoms with E-state index in [1.54, 1.807) is 12.3 Å². The highest BCUT2D eigenvalue weighted by Gasteiger charge is 2.30. The zero-order valence-electron chi connectivity index (χ0n) is 16.2. The number of hydrogen-bond acceptors (Lipinski definition) is 6. The molecule has 0 bridgehead atoms. The number of carboxylic acid groups (broad SMARTS) is 2. The van der Waals surface area contributed by atoms with Crippen molar-refractivity contribution in [2.75, 3.05) is 0 Å². The van der Waals surface area contributed by atoms with Crippen molar-refractivity contribution in [3.8, 4) is 0 Å². The molecule has 2 amide bonds. The van der Waals surface area contributed by atoms with Crippen molar-refractivity contribution < 1.29 is 34.5 Å². The monoisotopic (exact) mass is 420 g/mol. The maximum absolute atomic E-state index is 12.7. The van der Waals surface area contributed by atoms with E-state index in [2.05, 4.69) is 15.6 Å². The van der Waals surface area contributed by atoms with Gasteiger partial charge in [0.1, 0.15) is 18.1 Å². The molecule has 0 aliphatic carbocycles. The molecular weight excluding hydrogens is 396 g/mol. The topological polar surface area (TPSA) is 195 Å². The molecule has 8 N–H and O–H groups in total. The van der Waals surface area contributed by atoms with Crippen molar-refractivity contribution in [3.63, 3.8) is 0 Å². The summed E-state index contributed by atoms with van der Waals surface area (Å²) >= 11 is 0. The first kappa shape index (κ1) is 22.8. The third-order valence-corrected chi connectivity index (χ3v) is 4.55. The van der Waals surface area contributed by atoms with E-state index in [1.807, 2.05) is 18.2 Å². The van der Waals surface area contributed by atoms with Gasteiger partial charge in [0.25, 0.3) is 0 Å². The van der Waals surface area contributed by atoms with Crippen LogP contribution in [-0.2, 0) is 25.6 Å². The Kier molecular flexibility index (Phi) is 7.50. The average molecular weight is 420 g/mol. The van der Waals surface area contributed by atoms with E-state index in [4.69, 9.17) is 10.8 Å². The molecule has 2 rings (SSSR count). The number of nitrogens with one attached hydrogen (secondary N) is 3. The number of aromatic nitrogens is 1. The van der Waals surface area contributed by atoms with Gasteiger partial charge in [-0.25, -0.2) is 4.79 Å². The number of benzene rings is 1. The fourth-order valence-electron chi connectivity index (χ4n) is 2.86. The van der Waals surface area contributed by atoms with Crippen LogP contribution >= 0.6 is 0 Å². The molecule has 0 spiro atoms. The highest BCUT2D eigenvalue weighted by molar-refractivity contribution is 5.93. The van der Waals surface area contributed by atoms with Gasteiger partial charge in [0, 0.05) is 23.5 Å². The van der Waals surface area contributed by atoms with Gasteiger partial charge in [0.15, 0.2) is 0 Å². The molecule has 1 aromatic carbocycles. The van der Waals surface area contributed by atoms with Crippen molar-refractivity contribution in [1.82, 2.24) is 15.6 Å². The first-order valence-electron chi connectivity index (χ1n) is 9.14. The number of aromatic amines is 1. The van der Waals surface area contributed by atoms with Crippen molar-refractivity contribution in [1.29, 1.82) is 0 Å². The van der Waals surface area contributed by atoms with Crippen LogP contribution in [0.2, 0.25) is 0 Å². The van der Waals surface area contributed by atoms with Gasteiger partial charge < -0.3 is 36.7 Å². The predicted molar refractivity (Wildman–Crippen MR) is 105 cm³/mol. The molecule has 162 valence electrons. The van der Waals surface area contributed by atoms with E-state index in [-0.39, 0.29) is 6.42 Å². The number of aliphatic hydroxyl groups is 1. The summed E-state index contributed by atoms with van der Waals surface area (Å²) in [6, 6.07) is 3.01. The smallest absolute Gasteiger partial charge is 0.326 e. The number of rotatable bonds is 10. The van der Waals surface area contributed by atoms with Gasteiger partial charge in [-0.2, -0.15) is 0 Å². The van der Waals surface area contributed by atoms with Crippen LogP contribution in [0.15, 0.2) is 30.5 Å². The Morgan fingerprint density at radius 2 is 1.70 bits per heavy atom. The fourth-order valence-corrected chi connectivity index (χ4v) is 2.86. The number of H-pyrrole nitrogens is 1. The summed E-state index contributed by atoms with van der Waals surface area (Å²) in [5.41, 5.74) is 7.08. The van der Waals surface area contributed by atoms with E-state index in [0.29, 0.717) is 5.56 Å². The molecule has 0 aliphatic heterocycles. The fraction of sp³-hybridized carbons (Fsp3) is 0.368. The molecule has 2 aromatic rings. The van der Waals surface area contributed by atoms with E-state index in [0.717, 1.165) is 10.9 Å². The van der Waals surface area contributed by atoms with Gasteiger partial charge in [-0.15, -0.1) is 0 Å². The van der Waals surface area contributed by atoms with E-state index < -0.39 is 54.4 Å². The lowest BCUT2D eigenvalue weighted by atomic mass is 10.0. The second-order valence-corrected chi connectivity index (χ2v) is 6.89. The number of hydrogen-bond donors (Lipinski definition) is 7. The summed E-state index contributed by atoms with van der Waals surface area (Å²) in [6.45, 7) is 1.31. The second-order valence-electron chi connectivity index (χ2n) is 6.89. The summed E-state index contributed by atoms with van der Waals surface area (Å²) in [5, 5.41) is 32.9. The average Bonchev–Trinajstić information content (AvgIpc) is 3.08. The molecule has 1 aromatic heterocycles. The number of fused-ring (bicyclic) bond motifs is 1. The van der Waals surface area contributed by atoms with Crippen LogP contribution in [0.4, 0.5) is 0 Å². The standard InChI is InChI=1S/C19H24N4O7/c1-9(24)16(20)18(28)22-13(17(27)23-14(19(29)30)7-15(25)26)6-10-8-21-12-5-3-2-4-11(10)12/h2-5,8-9,13-14,16,21,24H,6-7,20H2,1H3,(H,22,28)(H,23,27)(H,25,26)(H,29,30)/t9-,13+,14+,16+/m1/s1. The maximum atomic E-state index is 12.7. The van der Waals surface area contributed by atoms with Crippen molar-refractivity contribution in [3.05, 3.63) is 36.0 Å². The van der Waals surface area contributed by atoms with Gasteiger partial charge in [0.2, 0.25) is 11.8 Å². The van der Waals surface area contributed by atoms with Gasteiger partial charge in [0.05, 0.1) is 12.5 Å². The largest absolute Gasteiger partial charge is 0.481 e. The summed E-state index contributed by atoms with van der Waals surface area (Å²) in [7, 11) is 0. The molecule has 0 saturated carbocycles. The van der Waals surface area contributed by atoms with Crippen LogP contribution in [0.25, 0.3) is 10.9 Å². The highest BCUT2D eigenvalue weighted by Crippen LogP contribution is 2.19. The van der Waals surface area contributed by atoms with E-state index in [1.165, 1.54) is 6.92 Å². The van der Waals surface area contributed by atoms with Crippen molar-refractivity contribution in [2.45, 2.75) is 44.0 Å². The molecular formula is C19H24N4O7. The number of carbonyl (C=O) groups is 4. The molecule has 0 radical (unpaired) electrons. The van der Waals surface area contributed by atoms with Crippen LogP contribution in [-0.4, -0.2) is 68.3 Å². The maximum Gasteiger partial charge on any atom is 0.326 e. The minimum atomic E-state index is -1.68. The van der Waals surface area contributed by atoms with Crippen LogP contribution < -0.4 is 16.4 Å². The lowest BCUT2D eigenvalue weighted by Gasteiger charge is -2.23. The zero-order chi connectivity index (χ0) is 22.4. The molecule has 11 nitrogen and oxygen atoms in total. The molecule has 0 fully saturated rings. The Bertz CT molecular complexity index is 940. The predicted octanol–water partition coefficient (Wildman–Crippen LogP) is -1.05. The first-order chi connectivity index (χ1) is 14.1. The summed E-state index contributed by atoms with van der Waals surface area (Å²) in [5.74, 6) is -4.63. The van der Waals surface area contributed by atoms with Gasteiger partial charge in [-0.3, -0.25) is 14.4 Å². The summed E-state index contributed by atoms with van der Waals surface area (Å²) in [4.78, 5) is 50.2. The van der Waals surface area contributed by atoms with E-state index in [9.17, 15) is 29.4 Å². The Labute approximate surface area is 171 Å². The molecule has 1 heterocycles. The van der Waals surface area contributed by atoms with Crippen LogP contribution in [0.3, 0.4) is 0 Å². The van der Waals surface area contributed by atoms with Gasteiger partial charge >= 0.3 is 11.9 Å². The SMILES string of the molecule is C[C@@H](O)[C@H](N)C(=O)N[C@@H](Cc1c[nH]c2ccccc12)C(=O)N[C@@H](CC(=O)O)C(=O)O. The number of aliphatic carboxylic acids is 2. The minimum Gasteiger partial charge on any atom is -0.481 e. The van der Waals surface area contributed by atoms with Gasteiger partial charge in [-0.05, 0) is 18.6 Å². The van der Waals surface area contributed by atoms with Gasteiger partial charge in [-0.1, -0.05) is 18.2 Å². The number of carboxylic acids is 2. The van der Waals surface area contributed by atoms with E-state index >= 15 is 0 Å². The molecule has 11 heteroatoms. The summed E-state index contributed by atoms with van der Waals surface area (Å²) < 4.78 is 0. The van der Waals surface area contributed by atoms with Crippen molar-refractivity contribution >= 4 is 34.7 Å². The van der Waals surface area contributed by atoms with Crippen LogP contribution in [0.1, 0.15) is 18.9 Å². The Hall–Kier alpha value is -3.44. The second kappa shape index (κ2) is 9.85. The molecule has 0 unspecified atom stereocenters. The molecule has 0 saturated heterocycles. The minimum absolute atomic E-state index is 0.0203. The number of amides is 2. The zero-order valence-corrected chi connectivity index (χ0v) is 16.2. The summed E-state index contributed by atoms with van der Waals surface area (Å²) in [6.07, 6.45) is -0.381. The Balaban J connectivity index is 2.27. The number of aliphatic hydroxyl groups excluding tert-OH is 1. The first-order valence-corrected chi connectivity index (χ1v) is 9.14.